The Morgan fingerprint density at radius 3 is 2.22 bits per heavy atom. The summed E-state index contributed by atoms with van der Waals surface area (Å²) in [5, 5.41) is 0. The molecule has 1 aliphatic rings. The molecule has 0 nitrogen and oxygen atoms in total. The monoisotopic (exact) mass is 246 g/mol. The Morgan fingerprint density at radius 1 is 1.33 bits per heavy atom. The molecule has 0 spiro atoms. The molecule has 0 saturated carbocycles. The van der Waals surface area contributed by atoms with Gasteiger partial charge in [-0.1, -0.05) is 0 Å². The van der Waals surface area contributed by atoms with Crippen molar-refractivity contribution in [2.75, 3.05) is 0 Å². The summed E-state index contributed by atoms with van der Waals surface area (Å²) in [7, 11) is 14.5. The van der Waals surface area contributed by atoms with Gasteiger partial charge in [0.1, 0.15) is 0 Å². The van der Waals surface area contributed by atoms with Gasteiger partial charge in [0.15, 0.2) is 0 Å². The third-order valence-corrected chi connectivity index (χ3v) is 7.67. The summed E-state index contributed by atoms with van der Waals surface area (Å²) < 4.78 is 1.14. The molecule has 0 aromatic carbocycles. The van der Waals surface area contributed by atoms with E-state index < -0.39 is 10.5 Å². The molecule has 1 aliphatic carbocycles. The first kappa shape index (κ1) is 8.25. The summed E-state index contributed by atoms with van der Waals surface area (Å²) in [4.78, 5) is 0. The first-order chi connectivity index (χ1) is 4.11. The molecular formula is C5H7Cl3Ge. The van der Waals surface area contributed by atoms with Gasteiger partial charge in [0.25, 0.3) is 0 Å². The predicted molar refractivity (Wildman–Crippen MR) is 45.2 cm³/mol. The van der Waals surface area contributed by atoms with Gasteiger partial charge in [0.2, 0.25) is 0 Å². The summed E-state index contributed by atoms with van der Waals surface area (Å²) >= 11 is 0. The topological polar surface area (TPSA) is 0 Å². The summed E-state index contributed by atoms with van der Waals surface area (Å²) in [6, 6.07) is 0. The van der Waals surface area contributed by atoms with Gasteiger partial charge in [-0.2, -0.15) is 0 Å². The number of allylic oxidation sites excluding steroid dienone is 2. The van der Waals surface area contributed by atoms with E-state index in [1.165, 1.54) is 6.42 Å². The Balaban J connectivity index is 2.61. The fourth-order valence-electron chi connectivity index (χ4n) is 0.928. The van der Waals surface area contributed by atoms with E-state index in [1.807, 2.05) is 0 Å². The molecule has 0 aromatic rings. The standard InChI is InChI=1S/C5H7Cl3Ge/c6-9(7,8)5-3-1-2-4-5/h3H,1-2,4H2. The minimum atomic E-state index is -2.90. The Labute approximate surface area is 70.1 Å². The van der Waals surface area contributed by atoms with Crippen LogP contribution in [0.3, 0.4) is 0 Å². The molecule has 0 aromatic heterocycles. The maximum atomic E-state index is 5.79. The van der Waals surface area contributed by atoms with E-state index in [4.69, 9.17) is 30.0 Å². The van der Waals surface area contributed by atoms with Crippen LogP contribution in [0.2, 0.25) is 0 Å². The molecule has 0 unspecified atom stereocenters. The molecule has 0 N–H and O–H groups in total. The number of rotatable bonds is 1. The van der Waals surface area contributed by atoms with Crippen LogP contribution in [0.15, 0.2) is 10.5 Å². The Hall–Kier alpha value is 1.15. The van der Waals surface area contributed by atoms with Crippen molar-refractivity contribution in [2.45, 2.75) is 19.3 Å². The summed E-state index contributed by atoms with van der Waals surface area (Å²) in [6.07, 6.45) is 5.40. The molecule has 0 heterocycles. The van der Waals surface area contributed by atoms with Gasteiger partial charge in [-0.15, -0.1) is 0 Å². The predicted octanol–water partition coefficient (Wildman–Crippen LogP) is 3.29. The normalized spacial score (nSPS) is 20.1. The van der Waals surface area contributed by atoms with E-state index >= 15 is 0 Å². The van der Waals surface area contributed by atoms with Crippen LogP contribution in [-0.2, 0) is 0 Å². The number of halogens is 3. The van der Waals surface area contributed by atoms with Crippen LogP contribution in [0.1, 0.15) is 19.3 Å². The van der Waals surface area contributed by atoms with Crippen LogP contribution in [0.4, 0.5) is 0 Å². The quantitative estimate of drug-likeness (QED) is 0.623. The molecule has 0 radical (unpaired) electrons. The molecule has 0 fully saturated rings. The molecule has 0 saturated heterocycles. The van der Waals surface area contributed by atoms with Crippen molar-refractivity contribution in [1.82, 2.24) is 0 Å². The Bertz CT molecular complexity index is 136. The van der Waals surface area contributed by atoms with E-state index in [0.717, 1.165) is 17.2 Å². The fraction of sp³-hybridized carbons (Fsp3) is 0.600. The van der Waals surface area contributed by atoms with E-state index in [2.05, 4.69) is 6.08 Å². The minimum absolute atomic E-state index is 1.02. The first-order valence-electron chi connectivity index (χ1n) is 2.87. The summed E-state index contributed by atoms with van der Waals surface area (Å²) in [6.45, 7) is 0. The van der Waals surface area contributed by atoms with Gasteiger partial charge < -0.3 is 0 Å². The molecule has 0 atom stereocenters. The third-order valence-electron chi connectivity index (χ3n) is 1.41. The SMILES string of the molecule is [Cl][Ge]([Cl])([Cl])[C]1=CCCC1. The van der Waals surface area contributed by atoms with Crippen LogP contribution in [0.5, 0.6) is 0 Å². The number of hydrogen-bond acceptors (Lipinski definition) is 0. The molecule has 52 valence electrons. The second-order valence-corrected chi connectivity index (χ2v) is 17.4. The van der Waals surface area contributed by atoms with Gasteiger partial charge >= 0.3 is 70.3 Å². The summed E-state index contributed by atoms with van der Waals surface area (Å²) in [5.74, 6) is 0. The molecule has 0 bridgehead atoms. The Morgan fingerprint density at radius 2 is 2.00 bits per heavy atom. The van der Waals surface area contributed by atoms with Crippen LogP contribution in [0.25, 0.3) is 0 Å². The van der Waals surface area contributed by atoms with E-state index in [0.29, 0.717) is 0 Å². The van der Waals surface area contributed by atoms with Crippen molar-refractivity contribution in [1.29, 1.82) is 0 Å². The molecule has 4 heteroatoms. The van der Waals surface area contributed by atoms with Crippen molar-refractivity contribution in [3.63, 3.8) is 0 Å². The van der Waals surface area contributed by atoms with E-state index in [1.54, 1.807) is 0 Å². The van der Waals surface area contributed by atoms with Crippen LogP contribution >= 0.6 is 30.0 Å². The van der Waals surface area contributed by atoms with Crippen molar-refractivity contribution in [3.8, 4) is 0 Å². The second kappa shape index (κ2) is 3.04. The van der Waals surface area contributed by atoms with Gasteiger partial charge in [-0.05, 0) is 0 Å². The van der Waals surface area contributed by atoms with Crippen molar-refractivity contribution >= 4 is 40.5 Å². The average molecular weight is 246 g/mol. The molecule has 9 heavy (non-hydrogen) atoms. The molecule has 1 rings (SSSR count). The zero-order valence-electron chi connectivity index (χ0n) is 4.83. The van der Waals surface area contributed by atoms with Crippen molar-refractivity contribution in [3.05, 3.63) is 10.5 Å². The van der Waals surface area contributed by atoms with Gasteiger partial charge in [-0.3, -0.25) is 0 Å². The van der Waals surface area contributed by atoms with Gasteiger partial charge in [0.05, 0.1) is 0 Å². The van der Waals surface area contributed by atoms with Crippen molar-refractivity contribution < 1.29 is 0 Å². The van der Waals surface area contributed by atoms with E-state index in [-0.39, 0.29) is 0 Å². The maximum absolute atomic E-state index is 5.79. The third kappa shape index (κ3) is 2.34. The fourth-order valence-corrected chi connectivity index (χ4v) is 5.36. The summed E-state index contributed by atoms with van der Waals surface area (Å²) in [5.41, 5.74) is 0. The van der Waals surface area contributed by atoms with Gasteiger partial charge in [0, 0.05) is 0 Å². The van der Waals surface area contributed by atoms with Crippen LogP contribution < -0.4 is 0 Å². The zero-order chi connectivity index (χ0) is 6.91. The molecule has 0 amide bonds. The van der Waals surface area contributed by atoms with Crippen LogP contribution in [0, 0.1) is 0 Å². The number of hydrogen-bond donors (Lipinski definition) is 0. The zero-order valence-corrected chi connectivity index (χ0v) is 9.20. The molecule has 0 aliphatic heterocycles. The Kier molecular flexibility index (Phi) is 2.78. The molecular weight excluding hydrogens is 239 g/mol. The van der Waals surface area contributed by atoms with Crippen molar-refractivity contribution in [2.24, 2.45) is 0 Å². The van der Waals surface area contributed by atoms with Crippen LogP contribution in [-0.4, -0.2) is 10.5 Å². The van der Waals surface area contributed by atoms with Gasteiger partial charge in [-0.25, -0.2) is 0 Å². The first-order valence-corrected chi connectivity index (χ1v) is 12.2. The average Bonchev–Trinajstić information content (AvgIpc) is 2.08. The second-order valence-electron chi connectivity index (χ2n) is 2.12. The van der Waals surface area contributed by atoms with E-state index in [9.17, 15) is 0 Å².